The molecule has 9 heavy (non-hydrogen) atoms. The Morgan fingerprint density at radius 2 is 2.22 bits per heavy atom. The molecule has 0 aromatic carbocycles. The van der Waals surface area contributed by atoms with Crippen molar-refractivity contribution in [3.8, 4) is 0 Å². The molecule has 1 radical (unpaired) electrons. The summed E-state index contributed by atoms with van der Waals surface area (Å²) in [6.07, 6.45) is 6.17. The number of rotatable bonds is 5. The van der Waals surface area contributed by atoms with Crippen molar-refractivity contribution in [3.63, 3.8) is 0 Å². The summed E-state index contributed by atoms with van der Waals surface area (Å²) in [5.41, 5.74) is 0. The molecule has 0 aliphatic carbocycles. The quantitative estimate of drug-likeness (QED) is 0.554. The average Bonchev–Trinajstić information content (AvgIpc) is 1.85. The summed E-state index contributed by atoms with van der Waals surface area (Å²) in [5, 5.41) is 0. The van der Waals surface area contributed by atoms with Gasteiger partial charge in [-0.05, 0) is 5.92 Å². The molecule has 0 aliphatic heterocycles. The van der Waals surface area contributed by atoms with Gasteiger partial charge in [-0.1, -0.05) is 33.1 Å². The van der Waals surface area contributed by atoms with Crippen LogP contribution in [0.5, 0.6) is 0 Å². The first kappa shape index (κ1) is 8.67. The molecule has 0 bridgehead atoms. The lowest BCUT2D eigenvalue weighted by Gasteiger charge is -2.03. The Hall–Kier alpha value is -0.330. The van der Waals surface area contributed by atoms with Gasteiger partial charge in [0.15, 0.2) is 6.29 Å². The molecule has 0 N–H and O–H groups in total. The molecule has 0 aromatic rings. The third-order valence-electron chi connectivity index (χ3n) is 1.48. The molecule has 0 spiro atoms. The van der Waals surface area contributed by atoms with Crippen LogP contribution < -0.4 is 0 Å². The molecule has 1 nitrogen and oxygen atoms in total. The van der Waals surface area contributed by atoms with Crippen molar-refractivity contribution < 1.29 is 4.79 Å². The number of carbonyl (C=O) groups excluding carboxylic acids is 1. The predicted molar refractivity (Wildman–Crippen MR) is 39.0 cm³/mol. The topological polar surface area (TPSA) is 17.1 Å². The van der Waals surface area contributed by atoms with Crippen LogP contribution in [0, 0.1) is 5.92 Å². The largest absolute Gasteiger partial charge is 0.291 e. The van der Waals surface area contributed by atoms with E-state index in [1.54, 1.807) is 0 Å². The highest BCUT2D eigenvalue weighted by atomic mass is 16.1. The van der Waals surface area contributed by atoms with E-state index in [1.807, 2.05) is 6.29 Å². The fraction of sp³-hybridized carbons (Fsp3) is 0.875. The first-order chi connectivity index (χ1) is 4.31. The normalized spacial score (nSPS) is 13.1. The molecule has 0 amide bonds. The lowest BCUT2D eigenvalue weighted by atomic mass is 10.0. The Morgan fingerprint density at radius 3 is 2.67 bits per heavy atom. The van der Waals surface area contributed by atoms with Crippen molar-refractivity contribution in [2.24, 2.45) is 5.92 Å². The van der Waals surface area contributed by atoms with Crippen LogP contribution in [0.1, 0.15) is 39.5 Å². The summed E-state index contributed by atoms with van der Waals surface area (Å²) < 4.78 is 0. The smallest absolute Gasteiger partial charge is 0.198 e. The molecule has 0 saturated heterocycles. The molecule has 0 heterocycles. The maximum Gasteiger partial charge on any atom is 0.198 e. The van der Waals surface area contributed by atoms with E-state index in [1.165, 1.54) is 19.3 Å². The van der Waals surface area contributed by atoms with Gasteiger partial charge in [0, 0.05) is 6.42 Å². The van der Waals surface area contributed by atoms with Gasteiger partial charge in [-0.2, -0.15) is 0 Å². The Morgan fingerprint density at radius 1 is 1.56 bits per heavy atom. The van der Waals surface area contributed by atoms with Crippen LogP contribution >= 0.6 is 0 Å². The summed E-state index contributed by atoms with van der Waals surface area (Å²) in [5.74, 6) is 0.544. The zero-order chi connectivity index (χ0) is 7.11. The molecule has 0 aliphatic rings. The molecule has 0 rings (SSSR count). The second kappa shape index (κ2) is 5.80. The first-order valence-electron chi connectivity index (χ1n) is 3.66. The van der Waals surface area contributed by atoms with Gasteiger partial charge in [0.05, 0.1) is 0 Å². The van der Waals surface area contributed by atoms with Gasteiger partial charge in [0.1, 0.15) is 0 Å². The van der Waals surface area contributed by atoms with Gasteiger partial charge in [-0.25, -0.2) is 0 Å². The molecular formula is C8H15O. The van der Waals surface area contributed by atoms with Gasteiger partial charge < -0.3 is 0 Å². The van der Waals surface area contributed by atoms with Gasteiger partial charge >= 0.3 is 0 Å². The van der Waals surface area contributed by atoms with Gasteiger partial charge in [-0.15, -0.1) is 0 Å². The lowest BCUT2D eigenvalue weighted by Crippen LogP contribution is -1.93. The Labute approximate surface area is 57.5 Å². The SMILES string of the molecule is CCCCC(C)C[C]=O. The molecular weight excluding hydrogens is 112 g/mol. The second-order valence-electron chi connectivity index (χ2n) is 2.60. The van der Waals surface area contributed by atoms with E-state index in [0.717, 1.165) is 0 Å². The first-order valence-corrected chi connectivity index (χ1v) is 3.66. The third-order valence-corrected chi connectivity index (χ3v) is 1.48. The number of hydrogen-bond acceptors (Lipinski definition) is 1. The van der Waals surface area contributed by atoms with Gasteiger partial charge in [0.25, 0.3) is 0 Å². The standard InChI is InChI=1S/C8H15O/c1-3-4-5-8(2)6-7-9/h8H,3-6H2,1-2H3. The van der Waals surface area contributed by atoms with Crippen molar-refractivity contribution in [1.29, 1.82) is 0 Å². The number of hydrogen-bond donors (Lipinski definition) is 0. The summed E-state index contributed by atoms with van der Waals surface area (Å²) in [4.78, 5) is 9.85. The molecule has 1 atom stereocenters. The van der Waals surface area contributed by atoms with Crippen molar-refractivity contribution >= 4 is 6.29 Å². The molecule has 1 unspecified atom stereocenters. The Balaban J connectivity index is 3.04. The summed E-state index contributed by atoms with van der Waals surface area (Å²) in [6.45, 7) is 4.26. The highest BCUT2D eigenvalue weighted by Gasteiger charge is 1.98. The molecule has 53 valence electrons. The van der Waals surface area contributed by atoms with E-state index in [2.05, 4.69) is 13.8 Å². The monoisotopic (exact) mass is 127 g/mol. The molecule has 0 saturated carbocycles. The zero-order valence-electron chi connectivity index (χ0n) is 6.31. The fourth-order valence-corrected chi connectivity index (χ4v) is 0.797. The van der Waals surface area contributed by atoms with Crippen molar-refractivity contribution in [1.82, 2.24) is 0 Å². The number of unbranched alkanes of at least 4 members (excludes halogenated alkanes) is 1. The minimum Gasteiger partial charge on any atom is -0.291 e. The van der Waals surface area contributed by atoms with Crippen LogP contribution in [0.25, 0.3) is 0 Å². The van der Waals surface area contributed by atoms with E-state index in [0.29, 0.717) is 12.3 Å². The minimum atomic E-state index is 0.544. The Kier molecular flexibility index (Phi) is 5.59. The highest BCUT2D eigenvalue weighted by Crippen LogP contribution is 2.09. The zero-order valence-corrected chi connectivity index (χ0v) is 6.31. The van der Waals surface area contributed by atoms with Crippen LogP contribution in [0.2, 0.25) is 0 Å². The second-order valence-corrected chi connectivity index (χ2v) is 2.60. The van der Waals surface area contributed by atoms with E-state index in [-0.39, 0.29) is 0 Å². The van der Waals surface area contributed by atoms with Gasteiger partial charge in [0.2, 0.25) is 0 Å². The molecule has 1 heteroatoms. The van der Waals surface area contributed by atoms with Crippen LogP contribution in [0.4, 0.5) is 0 Å². The van der Waals surface area contributed by atoms with Crippen molar-refractivity contribution in [3.05, 3.63) is 0 Å². The van der Waals surface area contributed by atoms with Crippen LogP contribution in [-0.2, 0) is 4.79 Å². The van der Waals surface area contributed by atoms with Crippen LogP contribution in [0.15, 0.2) is 0 Å². The minimum absolute atomic E-state index is 0.544. The van der Waals surface area contributed by atoms with Crippen molar-refractivity contribution in [2.45, 2.75) is 39.5 Å². The fourth-order valence-electron chi connectivity index (χ4n) is 0.797. The summed E-state index contributed by atoms with van der Waals surface area (Å²) >= 11 is 0. The Bertz CT molecular complexity index is 69.0. The predicted octanol–water partition coefficient (Wildman–Crippen LogP) is 2.31. The van der Waals surface area contributed by atoms with Crippen LogP contribution in [-0.4, -0.2) is 6.29 Å². The average molecular weight is 127 g/mol. The van der Waals surface area contributed by atoms with Gasteiger partial charge in [-0.3, -0.25) is 4.79 Å². The summed E-state index contributed by atoms with van der Waals surface area (Å²) in [7, 11) is 0. The lowest BCUT2D eigenvalue weighted by molar-refractivity contribution is 0.490. The summed E-state index contributed by atoms with van der Waals surface area (Å²) in [6, 6.07) is 0. The van der Waals surface area contributed by atoms with E-state index >= 15 is 0 Å². The van der Waals surface area contributed by atoms with Crippen molar-refractivity contribution in [2.75, 3.05) is 0 Å². The van der Waals surface area contributed by atoms with Crippen LogP contribution in [0.3, 0.4) is 0 Å². The molecule has 0 aromatic heterocycles. The van der Waals surface area contributed by atoms with E-state index in [4.69, 9.17) is 0 Å². The molecule has 0 fully saturated rings. The maximum atomic E-state index is 9.85. The highest BCUT2D eigenvalue weighted by molar-refractivity contribution is 5.50. The third kappa shape index (κ3) is 5.54. The van der Waals surface area contributed by atoms with E-state index < -0.39 is 0 Å². The maximum absolute atomic E-state index is 9.85. The van der Waals surface area contributed by atoms with E-state index in [9.17, 15) is 4.79 Å².